The number of rotatable bonds is 4. The van der Waals surface area contributed by atoms with Gasteiger partial charge >= 0.3 is 0 Å². The van der Waals surface area contributed by atoms with Crippen LogP contribution in [-0.4, -0.2) is 103 Å². The van der Waals surface area contributed by atoms with Crippen LogP contribution in [-0.2, 0) is 9.47 Å². The van der Waals surface area contributed by atoms with Gasteiger partial charge in [-0.3, -0.25) is 15.0 Å². The van der Waals surface area contributed by atoms with E-state index in [0.717, 1.165) is 63.3 Å². The van der Waals surface area contributed by atoms with Crippen LogP contribution < -0.4 is 0 Å². The molecule has 3 fully saturated rings. The minimum Gasteiger partial charge on any atom is -0.379 e. The lowest BCUT2D eigenvalue weighted by atomic mass is 9.87. The molecule has 0 amide bonds. The van der Waals surface area contributed by atoms with E-state index < -0.39 is 0 Å². The van der Waals surface area contributed by atoms with E-state index >= 15 is 0 Å². The van der Waals surface area contributed by atoms with Crippen LogP contribution in [0.4, 0.5) is 0 Å². The molecule has 2 saturated heterocycles. The summed E-state index contributed by atoms with van der Waals surface area (Å²) in [5.74, 6) is 0. The predicted molar refractivity (Wildman–Crippen MR) is 94.8 cm³/mol. The van der Waals surface area contributed by atoms with E-state index in [-0.39, 0.29) is 12.1 Å². The SMILES string of the molecule is O=[N+]1C(CN2CCOCC2)=C(CN2CCOCC2)N(O)[C@H]2CCCC[C@@H]21. The fourth-order valence-electron chi connectivity index (χ4n) is 4.58. The van der Waals surface area contributed by atoms with Gasteiger partial charge in [0.1, 0.15) is 11.7 Å². The molecule has 3 heterocycles. The lowest BCUT2D eigenvalue weighted by Crippen LogP contribution is -2.56. The quantitative estimate of drug-likeness (QED) is 0.732. The summed E-state index contributed by atoms with van der Waals surface area (Å²) in [6, 6.07) is -0.205. The molecule has 146 valence electrons. The smallest absolute Gasteiger partial charge is 0.269 e. The van der Waals surface area contributed by atoms with Crippen molar-refractivity contribution in [1.82, 2.24) is 14.9 Å². The van der Waals surface area contributed by atoms with Crippen molar-refractivity contribution in [3.63, 3.8) is 0 Å². The Labute approximate surface area is 154 Å². The molecule has 2 atom stereocenters. The number of hydrogen-bond donors (Lipinski definition) is 1. The number of morpholine rings is 2. The van der Waals surface area contributed by atoms with Gasteiger partial charge in [0.25, 0.3) is 5.70 Å². The molecule has 0 radical (unpaired) electrons. The molecular formula is C18H31N4O4+. The van der Waals surface area contributed by atoms with Crippen LogP contribution in [0.1, 0.15) is 25.7 Å². The summed E-state index contributed by atoms with van der Waals surface area (Å²) in [6.07, 6.45) is 3.90. The van der Waals surface area contributed by atoms with Crippen LogP contribution in [0, 0.1) is 4.91 Å². The molecule has 0 aromatic heterocycles. The maximum absolute atomic E-state index is 13.3. The van der Waals surface area contributed by atoms with Gasteiger partial charge in [0.2, 0.25) is 6.04 Å². The second-order valence-corrected chi connectivity index (χ2v) is 7.76. The standard InChI is InChI=1S/C18H31N4O4/c23-21-15-3-1-2-4-16(15)22(24)18(14-20-7-11-26-12-8-20)17(21)13-19-5-9-25-10-6-19/h15-16,23H,1-14H2/q+1/t15-,16-/m0/s1. The lowest BCUT2D eigenvalue weighted by Gasteiger charge is -2.40. The highest BCUT2D eigenvalue weighted by atomic mass is 16.5. The fourth-order valence-corrected chi connectivity index (χ4v) is 4.58. The third-order valence-electron chi connectivity index (χ3n) is 6.14. The second-order valence-electron chi connectivity index (χ2n) is 7.76. The van der Waals surface area contributed by atoms with E-state index in [4.69, 9.17) is 9.47 Å². The molecule has 1 N–H and O–H groups in total. The molecule has 8 heteroatoms. The van der Waals surface area contributed by atoms with Crippen LogP contribution in [0.15, 0.2) is 11.4 Å². The van der Waals surface area contributed by atoms with Crippen molar-refractivity contribution >= 4 is 0 Å². The topological polar surface area (TPSA) is 68.5 Å². The first-order valence-electron chi connectivity index (χ1n) is 10.0. The maximum Gasteiger partial charge on any atom is 0.269 e. The normalized spacial score (nSPS) is 32.0. The third-order valence-corrected chi connectivity index (χ3v) is 6.14. The number of hydroxylamine groups is 2. The van der Waals surface area contributed by atoms with Gasteiger partial charge < -0.3 is 9.47 Å². The van der Waals surface area contributed by atoms with Crippen molar-refractivity contribution in [1.29, 1.82) is 0 Å². The molecule has 26 heavy (non-hydrogen) atoms. The summed E-state index contributed by atoms with van der Waals surface area (Å²) in [7, 11) is 0. The van der Waals surface area contributed by atoms with Crippen LogP contribution in [0.5, 0.6) is 0 Å². The Morgan fingerprint density at radius 1 is 0.923 bits per heavy atom. The summed E-state index contributed by atoms with van der Waals surface area (Å²) in [4.78, 5) is 17.8. The summed E-state index contributed by atoms with van der Waals surface area (Å²) >= 11 is 0. The van der Waals surface area contributed by atoms with E-state index in [9.17, 15) is 10.1 Å². The summed E-state index contributed by atoms with van der Waals surface area (Å²) in [5, 5.41) is 12.5. The molecule has 3 aliphatic heterocycles. The Hall–Kier alpha value is -1.06. The molecular weight excluding hydrogens is 336 g/mol. The highest BCUT2D eigenvalue weighted by molar-refractivity contribution is 5.14. The number of nitrogens with zero attached hydrogens (tertiary/aromatic N) is 4. The van der Waals surface area contributed by atoms with Crippen LogP contribution in [0.3, 0.4) is 0 Å². The largest absolute Gasteiger partial charge is 0.379 e. The molecule has 1 saturated carbocycles. The Morgan fingerprint density at radius 3 is 2.15 bits per heavy atom. The molecule has 4 aliphatic rings. The van der Waals surface area contributed by atoms with E-state index in [1.165, 1.54) is 9.82 Å². The minimum atomic E-state index is -0.127. The summed E-state index contributed by atoms with van der Waals surface area (Å²) < 4.78 is 12.1. The zero-order valence-corrected chi connectivity index (χ0v) is 15.5. The molecule has 0 spiro atoms. The van der Waals surface area contributed by atoms with Gasteiger partial charge in [-0.1, -0.05) is 6.42 Å². The van der Waals surface area contributed by atoms with Gasteiger partial charge in [0, 0.05) is 48.8 Å². The number of nitroso groups, excluding NO2 is 1. The van der Waals surface area contributed by atoms with Crippen molar-refractivity contribution in [3.05, 3.63) is 16.3 Å². The van der Waals surface area contributed by atoms with Gasteiger partial charge in [0.15, 0.2) is 0 Å². The molecule has 8 nitrogen and oxygen atoms in total. The van der Waals surface area contributed by atoms with Crippen molar-refractivity contribution in [3.8, 4) is 0 Å². The van der Waals surface area contributed by atoms with Gasteiger partial charge in [-0.15, -0.1) is 0 Å². The first kappa shape index (κ1) is 18.3. The van der Waals surface area contributed by atoms with Crippen molar-refractivity contribution < 1.29 is 19.4 Å². The van der Waals surface area contributed by atoms with Gasteiger partial charge in [-0.2, -0.15) is 0 Å². The molecule has 0 unspecified atom stereocenters. The van der Waals surface area contributed by atoms with Crippen LogP contribution >= 0.6 is 0 Å². The average Bonchev–Trinajstić information content (AvgIpc) is 2.70. The Kier molecular flexibility index (Phi) is 5.85. The molecule has 4 rings (SSSR count). The highest BCUT2D eigenvalue weighted by Crippen LogP contribution is 2.34. The van der Waals surface area contributed by atoms with Crippen LogP contribution in [0.25, 0.3) is 0 Å². The zero-order valence-electron chi connectivity index (χ0n) is 15.5. The van der Waals surface area contributed by atoms with E-state index in [1.54, 1.807) is 0 Å². The molecule has 1 aliphatic carbocycles. The minimum absolute atomic E-state index is 0.0780. The first-order valence-corrected chi connectivity index (χ1v) is 10.0. The zero-order chi connectivity index (χ0) is 17.9. The average molecular weight is 367 g/mol. The van der Waals surface area contributed by atoms with E-state index in [2.05, 4.69) is 9.80 Å². The van der Waals surface area contributed by atoms with Gasteiger partial charge in [-0.05, 0) is 12.8 Å². The lowest BCUT2D eigenvalue weighted by molar-refractivity contribution is -0.568. The molecule has 0 bridgehead atoms. The monoisotopic (exact) mass is 367 g/mol. The highest BCUT2D eigenvalue weighted by Gasteiger charge is 2.49. The second kappa shape index (κ2) is 8.31. The number of fused-ring (bicyclic) bond motifs is 1. The van der Waals surface area contributed by atoms with Crippen LogP contribution in [0.2, 0.25) is 0 Å². The Balaban J connectivity index is 1.60. The number of hydrogen-bond acceptors (Lipinski definition) is 7. The third kappa shape index (κ3) is 3.80. The molecule has 0 aromatic rings. The van der Waals surface area contributed by atoms with Gasteiger partial charge in [0.05, 0.1) is 33.0 Å². The van der Waals surface area contributed by atoms with Crippen molar-refractivity contribution in [2.24, 2.45) is 0 Å². The first-order chi connectivity index (χ1) is 12.7. The van der Waals surface area contributed by atoms with Crippen molar-refractivity contribution in [2.75, 3.05) is 65.7 Å². The fraction of sp³-hybridized carbons (Fsp3) is 0.889. The summed E-state index contributed by atoms with van der Waals surface area (Å²) in [5.41, 5.74) is 1.53. The maximum atomic E-state index is 13.3. The van der Waals surface area contributed by atoms with Crippen molar-refractivity contribution in [2.45, 2.75) is 37.8 Å². The van der Waals surface area contributed by atoms with E-state index in [0.29, 0.717) is 39.5 Å². The van der Waals surface area contributed by atoms with Gasteiger partial charge in [-0.25, -0.2) is 5.06 Å². The summed E-state index contributed by atoms with van der Waals surface area (Å²) in [6.45, 7) is 7.40. The van der Waals surface area contributed by atoms with E-state index in [1.807, 2.05) is 0 Å². The Bertz CT molecular complexity index is 543. The molecule has 0 aromatic carbocycles. The Morgan fingerprint density at radius 2 is 1.50 bits per heavy atom. The number of ether oxygens (including phenoxy) is 2. The predicted octanol–water partition coefficient (Wildman–Crippen LogP) is 0.657.